The van der Waals surface area contributed by atoms with E-state index in [-0.39, 0.29) is 5.60 Å². The van der Waals surface area contributed by atoms with Gasteiger partial charge in [-0.3, -0.25) is 0 Å². The Labute approximate surface area is 78.0 Å². The summed E-state index contributed by atoms with van der Waals surface area (Å²) >= 11 is 0. The highest BCUT2D eigenvalue weighted by Crippen LogP contribution is 2.56. The molecule has 0 radical (unpaired) electrons. The van der Waals surface area contributed by atoms with Gasteiger partial charge in [-0.05, 0) is 11.1 Å². The normalized spacial score (nSPS) is 33.7. The second kappa shape index (κ2) is 2.24. The molecular weight excluding hydrogens is 160 g/mol. The number of hydrogen-bond acceptors (Lipinski definition) is 1. The predicted octanol–water partition coefficient (Wildman–Crippen LogP) is 2.41. The van der Waals surface area contributed by atoms with Gasteiger partial charge in [0.25, 0.3) is 0 Å². The van der Waals surface area contributed by atoms with Gasteiger partial charge in [-0.15, -0.1) is 6.58 Å². The average molecular weight is 172 g/mol. The summed E-state index contributed by atoms with van der Waals surface area (Å²) in [5.74, 6) is 0. The third kappa shape index (κ3) is 0.802. The van der Waals surface area contributed by atoms with Gasteiger partial charge in [0.1, 0.15) is 5.60 Å². The molecular formula is C12H12O. The molecule has 1 saturated heterocycles. The van der Waals surface area contributed by atoms with Crippen LogP contribution in [-0.2, 0) is 16.8 Å². The predicted molar refractivity (Wildman–Crippen MR) is 51.5 cm³/mol. The molecule has 0 spiro atoms. The number of benzene rings is 1. The van der Waals surface area contributed by atoms with Gasteiger partial charge in [0.05, 0.1) is 6.10 Å². The summed E-state index contributed by atoms with van der Waals surface area (Å²) in [6.45, 7) is 3.79. The molecule has 0 aromatic heterocycles. The van der Waals surface area contributed by atoms with Gasteiger partial charge < -0.3 is 4.74 Å². The van der Waals surface area contributed by atoms with Crippen molar-refractivity contribution >= 4 is 0 Å². The first-order valence-corrected chi connectivity index (χ1v) is 4.74. The van der Waals surface area contributed by atoms with E-state index in [1.165, 1.54) is 11.1 Å². The fraction of sp³-hybridized carbons (Fsp3) is 0.333. The zero-order valence-corrected chi connectivity index (χ0v) is 7.49. The van der Waals surface area contributed by atoms with Crippen LogP contribution >= 0.6 is 0 Å². The number of fused-ring (bicyclic) bond motifs is 3. The quantitative estimate of drug-likeness (QED) is 0.493. The Morgan fingerprint density at radius 2 is 2.38 bits per heavy atom. The van der Waals surface area contributed by atoms with Crippen molar-refractivity contribution in [3.05, 3.63) is 48.0 Å². The van der Waals surface area contributed by atoms with E-state index in [0.29, 0.717) is 6.10 Å². The Hall–Kier alpha value is -1.08. The van der Waals surface area contributed by atoms with E-state index in [1.54, 1.807) is 0 Å². The lowest BCUT2D eigenvalue weighted by Crippen LogP contribution is -2.06. The molecule has 2 unspecified atom stereocenters. The Kier molecular flexibility index (Phi) is 1.26. The third-order valence-electron chi connectivity index (χ3n) is 3.14. The molecule has 1 aromatic carbocycles. The van der Waals surface area contributed by atoms with Crippen molar-refractivity contribution in [2.75, 3.05) is 0 Å². The maximum atomic E-state index is 5.74. The molecule has 3 rings (SSSR count). The lowest BCUT2D eigenvalue weighted by atomic mass is 9.97. The van der Waals surface area contributed by atoms with Crippen molar-refractivity contribution in [2.24, 2.45) is 0 Å². The third-order valence-corrected chi connectivity index (χ3v) is 3.14. The molecule has 1 heteroatoms. The number of hydrogen-bond donors (Lipinski definition) is 0. The highest BCUT2D eigenvalue weighted by molar-refractivity contribution is 5.44. The Morgan fingerprint density at radius 3 is 3.23 bits per heavy atom. The lowest BCUT2D eigenvalue weighted by Gasteiger charge is -2.09. The van der Waals surface area contributed by atoms with Crippen LogP contribution < -0.4 is 0 Å². The van der Waals surface area contributed by atoms with E-state index < -0.39 is 0 Å². The van der Waals surface area contributed by atoms with E-state index in [2.05, 4.69) is 30.8 Å². The molecule has 1 nitrogen and oxygen atoms in total. The monoisotopic (exact) mass is 172 g/mol. The van der Waals surface area contributed by atoms with Gasteiger partial charge in [0, 0.05) is 12.8 Å². The highest BCUT2D eigenvalue weighted by Gasteiger charge is 2.61. The van der Waals surface area contributed by atoms with Crippen LogP contribution in [0.5, 0.6) is 0 Å². The van der Waals surface area contributed by atoms with Gasteiger partial charge in [-0.2, -0.15) is 0 Å². The van der Waals surface area contributed by atoms with Crippen LogP contribution in [0.15, 0.2) is 36.9 Å². The molecule has 1 aromatic rings. The minimum atomic E-state index is 0.0261. The summed E-state index contributed by atoms with van der Waals surface area (Å²) in [6.07, 6.45) is 4.43. The first kappa shape index (κ1) is 7.34. The summed E-state index contributed by atoms with van der Waals surface area (Å²) in [7, 11) is 0. The van der Waals surface area contributed by atoms with E-state index in [1.807, 2.05) is 6.08 Å². The van der Waals surface area contributed by atoms with Crippen LogP contribution in [-0.4, -0.2) is 6.10 Å². The van der Waals surface area contributed by atoms with Crippen LogP contribution in [0.1, 0.15) is 17.5 Å². The van der Waals surface area contributed by atoms with Gasteiger partial charge >= 0.3 is 0 Å². The van der Waals surface area contributed by atoms with Crippen molar-refractivity contribution < 1.29 is 4.74 Å². The first-order valence-electron chi connectivity index (χ1n) is 4.74. The van der Waals surface area contributed by atoms with Crippen molar-refractivity contribution in [1.82, 2.24) is 0 Å². The fourth-order valence-corrected chi connectivity index (χ4v) is 2.48. The Morgan fingerprint density at radius 1 is 1.54 bits per heavy atom. The minimum absolute atomic E-state index is 0.0261. The topological polar surface area (TPSA) is 12.5 Å². The standard InChI is InChI=1S/C12H12O/c1-2-7-12-10-6-4-3-5-9(10)8-11(12)13-12/h2-6,11H,1,7-8H2. The first-order chi connectivity index (χ1) is 6.37. The van der Waals surface area contributed by atoms with Crippen LogP contribution in [0.4, 0.5) is 0 Å². The van der Waals surface area contributed by atoms with Crippen molar-refractivity contribution in [1.29, 1.82) is 0 Å². The highest BCUT2D eigenvalue weighted by atomic mass is 16.6. The summed E-state index contributed by atoms with van der Waals surface area (Å²) in [5.41, 5.74) is 2.87. The molecule has 1 heterocycles. The molecule has 1 aliphatic carbocycles. The maximum absolute atomic E-state index is 5.74. The number of epoxide rings is 1. The van der Waals surface area contributed by atoms with Crippen LogP contribution in [0.25, 0.3) is 0 Å². The molecule has 2 aliphatic rings. The molecule has 0 amide bonds. The zero-order valence-electron chi connectivity index (χ0n) is 7.49. The van der Waals surface area contributed by atoms with Crippen molar-refractivity contribution in [2.45, 2.75) is 24.5 Å². The zero-order chi connectivity index (χ0) is 8.89. The van der Waals surface area contributed by atoms with Crippen LogP contribution in [0.2, 0.25) is 0 Å². The maximum Gasteiger partial charge on any atom is 0.124 e. The van der Waals surface area contributed by atoms with Gasteiger partial charge in [-0.1, -0.05) is 30.3 Å². The molecule has 1 aliphatic heterocycles. The molecule has 2 atom stereocenters. The molecule has 0 bridgehead atoms. The molecule has 13 heavy (non-hydrogen) atoms. The van der Waals surface area contributed by atoms with Crippen molar-refractivity contribution in [3.8, 4) is 0 Å². The molecule has 1 fully saturated rings. The van der Waals surface area contributed by atoms with Crippen LogP contribution in [0, 0.1) is 0 Å². The molecule has 66 valence electrons. The molecule has 0 saturated carbocycles. The van der Waals surface area contributed by atoms with Gasteiger partial charge in [0.2, 0.25) is 0 Å². The lowest BCUT2D eigenvalue weighted by molar-refractivity contribution is 0.286. The Bertz CT molecular complexity index is 369. The van der Waals surface area contributed by atoms with E-state index in [9.17, 15) is 0 Å². The summed E-state index contributed by atoms with van der Waals surface area (Å²) in [5, 5.41) is 0. The average Bonchev–Trinajstić information content (AvgIpc) is 2.74. The molecule has 0 N–H and O–H groups in total. The second-order valence-corrected chi connectivity index (χ2v) is 3.85. The second-order valence-electron chi connectivity index (χ2n) is 3.85. The SMILES string of the molecule is C=CCC12OC1Cc1ccccc12. The Balaban J connectivity index is 2.09. The fourth-order valence-electron chi connectivity index (χ4n) is 2.48. The smallest absolute Gasteiger partial charge is 0.124 e. The summed E-state index contributed by atoms with van der Waals surface area (Å²) < 4.78 is 5.74. The number of ether oxygens (including phenoxy) is 1. The largest absolute Gasteiger partial charge is 0.360 e. The van der Waals surface area contributed by atoms with Gasteiger partial charge in [0.15, 0.2) is 0 Å². The van der Waals surface area contributed by atoms with E-state index in [4.69, 9.17) is 4.74 Å². The van der Waals surface area contributed by atoms with E-state index in [0.717, 1.165) is 12.8 Å². The van der Waals surface area contributed by atoms with E-state index >= 15 is 0 Å². The van der Waals surface area contributed by atoms with Crippen LogP contribution in [0.3, 0.4) is 0 Å². The summed E-state index contributed by atoms with van der Waals surface area (Å²) in [4.78, 5) is 0. The number of rotatable bonds is 2. The van der Waals surface area contributed by atoms with Crippen molar-refractivity contribution in [3.63, 3.8) is 0 Å². The van der Waals surface area contributed by atoms with Gasteiger partial charge in [-0.25, -0.2) is 0 Å². The minimum Gasteiger partial charge on any atom is -0.360 e. The summed E-state index contributed by atoms with van der Waals surface area (Å²) in [6, 6.07) is 8.58.